The maximum absolute atomic E-state index is 14.0. The molecule has 0 spiro atoms. The number of hydrogen-bond acceptors (Lipinski definition) is 7. The lowest BCUT2D eigenvalue weighted by molar-refractivity contribution is -0.137. The van der Waals surface area contributed by atoms with Gasteiger partial charge in [-0.25, -0.2) is 12.7 Å². The lowest BCUT2D eigenvalue weighted by Crippen LogP contribution is -2.48. The number of amides is 2. The number of hydrogen-bond donors (Lipinski definition) is 3. The number of ether oxygens (including phenoxy) is 1. The molecule has 4 aromatic rings. The Morgan fingerprint density at radius 2 is 1.67 bits per heavy atom. The molecular weight excluding hydrogens is 685 g/mol. The molecule has 0 aromatic heterocycles. The van der Waals surface area contributed by atoms with Crippen LogP contribution in [0.1, 0.15) is 39.9 Å². The highest BCUT2D eigenvalue weighted by Crippen LogP contribution is 2.35. The van der Waals surface area contributed by atoms with E-state index >= 15 is 0 Å². The number of carbonyl (C=O) groups excluding carboxylic acids is 2. The number of carbonyl (C=O) groups is 2. The van der Waals surface area contributed by atoms with Crippen molar-refractivity contribution >= 4 is 38.9 Å². The molecule has 1 aliphatic heterocycles. The van der Waals surface area contributed by atoms with Gasteiger partial charge in [0.25, 0.3) is 5.91 Å². The molecule has 1 fully saturated rings. The van der Waals surface area contributed by atoms with Crippen LogP contribution in [0.5, 0.6) is 5.75 Å². The molecule has 5 rings (SSSR count). The van der Waals surface area contributed by atoms with E-state index in [2.05, 4.69) is 10.6 Å². The van der Waals surface area contributed by atoms with E-state index in [-0.39, 0.29) is 42.4 Å². The molecule has 0 aliphatic carbocycles. The van der Waals surface area contributed by atoms with Gasteiger partial charge in [-0.15, -0.1) is 0 Å². The zero-order valence-electron chi connectivity index (χ0n) is 28.1. The maximum Gasteiger partial charge on any atom is 0.416 e. The highest BCUT2D eigenvalue weighted by Gasteiger charge is 2.31. The highest BCUT2D eigenvalue weighted by molar-refractivity contribution is 7.92. The molecule has 0 unspecified atom stereocenters. The van der Waals surface area contributed by atoms with Crippen LogP contribution in [-0.4, -0.2) is 63.9 Å². The van der Waals surface area contributed by atoms with Crippen LogP contribution in [0.2, 0.25) is 0 Å². The Labute approximate surface area is 294 Å². The average Bonchev–Trinajstić information content (AvgIpc) is 3.53. The SMILES string of the molecule is COc1ccc(N(c2cc(C(=O)N[C@@H](Cc3ccccc3)[C@H](O)CNCc3cccc(C(F)(F)F)c3)cc(N3CCCC3=O)c2)S(C)(=O)=O)cc1. The Hall–Kier alpha value is -4.92. The third-order valence-electron chi connectivity index (χ3n) is 8.44. The summed E-state index contributed by atoms with van der Waals surface area (Å²) in [6, 6.07) is 23.9. The molecular formula is C37H39F3N4O6S. The number of sulfonamides is 1. The minimum Gasteiger partial charge on any atom is -0.497 e. The number of halogens is 3. The summed E-state index contributed by atoms with van der Waals surface area (Å²) < 4.78 is 72.4. The van der Waals surface area contributed by atoms with Gasteiger partial charge in [0.2, 0.25) is 15.9 Å². The first-order chi connectivity index (χ1) is 24.2. The molecule has 2 atom stereocenters. The van der Waals surface area contributed by atoms with Crippen molar-refractivity contribution in [1.29, 1.82) is 0 Å². The number of methoxy groups -OCH3 is 1. The fourth-order valence-corrected chi connectivity index (χ4v) is 6.93. The van der Waals surface area contributed by atoms with Gasteiger partial charge >= 0.3 is 6.18 Å². The van der Waals surface area contributed by atoms with Gasteiger partial charge in [-0.2, -0.15) is 13.2 Å². The Balaban J connectivity index is 1.44. The Morgan fingerprint density at radius 3 is 2.29 bits per heavy atom. The summed E-state index contributed by atoms with van der Waals surface area (Å²) in [7, 11) is -2.48. The molecule has 1 heterocycles. The first-order valence-corrected chi connectivity index (χ1v) is 18.1. The summed E-state index contributed by atoms with van der Waals surface area (Å²) in [6.45, 7) is 0.355. The lowest BCUT2D eigenvalue weighted by Gasteiger charge is -2.27. The Bertz CT molecular complexity index is 1940. The molecule has 0 saturated carbocycles. The largest absolute Gasteiger partial charge is 0.497 e. The highest BCUT2D eigenvalue weighted by atomic mass is 32.2. The minimum atomic E-state index is -4.49. The van der Waals surface area contributed by atoms with Crippen LogP contribution in [0, 0.1) is 0 Å². The van der Waals surface area contributed by atoms with Gasteiger partial charge in [0.15, 0.2) is 0 Å². The van der Waals surface area contributed by atoms with Gasteiger partial charge in [-0.1, -0.05) is 48.5 Å². The third kappa shape index (κ3) is 9.66. The van der Waals surface area contributed by atoms with Gasteiger partial charge in [-0.05, 0) is 72.5 Å². The second kappa shape index (κ2) is 16.0. The van der Waals surface area contributed by atoms with Crippen LogP contribution in [0.15, 0.2) is 97.1 Å². The predicted octanol–water partition coefficient (Wildman–Crippen LogP) is 5.43. The first kappa shape index (κ1) is 37.3. The summed E-state index contributed by atoms with van der Waals surface area (Å²) in [5, 5.41) is 17.2. The number of aliphatic hydroxyl groups is 1. The molecule has 2 amide bonds. The zero-order valence-corrected chi connectivity index (χ0v) is 28.9. The van der Waals surface area contributed by atoms with Crippen molar-refractivity contribution in [1.82, 2.24) is 10.6 Å². The second-order valence-corrected chi connectivity index (χ2v) is 14.1. The molecule has 14 heteroatoms. The summed E-state index contributed by atoms with van der Waals surface area (Å²) >= 11 is 0. The molecule has 51 heavy (non-hydrogen) atoms. The molecule has 4 aromatic carbocycles. The first-order valence-electron chi connectivity index (χ1n) is 16.2. The Kier molecular flexibility index (Phi) is 11.7. The summed E-state index contributed by atoms with van der Waals surface area (Å²) in [4.78, 5) is 28.3. The van der Waals surface area contributed by atoms with E-state index in [1.165, 1.54) is 30.2 Å². The van der Waals surface area contributed by atoms with Crippen molar-refractivity contribution in [2.75, 3.05) is 35.7 Å². The number of nitrogens with zero attached hydrogens (tertiary/aromatic N) is 2. The van der Waals surface area contributed by atoms with Crippen LogP contribution >= 0.6 is 0 Å². The van der Waals surface area contributed by atoms with Gasteiger partial charge in [0.05, 0.1) is 42.4 Å². The summed E-state index contributed by atoms with van der Waals surface area (Å²) in [5.74, 6) is -0.292. The predicted molar refractivity (Wildman–Crippen MR) is 189 cm³/mol. The van der Waals surface area contributed by atoms with E-state index in [1.54, 1.807) is 36.4 Å². The van der Waals surface area contributed by atoms with Crippen LogP contribution in [0.25, 0.3) is 0 Å². The van der Waals surface area contributed by atoms with Crippen molar-refractivity contribution in [2.24, 2.45) is 0 Å². The lowest BCUT2D eigenvalue weighted by atomic mass is 10.00. The van der Waals surface area contributed by atoms with E-state index < -0.39 is 39.8 Å². The molecule has 1 saturated heterocycles. The van der Waals surface area contributed by atoms with Gasteiger partial charge in [0, 0.05) is 37.3 Å². The maximum atomic E-state index is 14.0. The fraction of sp³-hybridized carbons (Fsp3) is 0.297. The Morgan fingerprint density at radius 1 is 0.961 bits per heavy atom. The minimum absolute atomic E-state index is 0.0366. The number of nitrogens with one attached hydrogen (secondary N) is 2. The van der Waals surface area contributed by atoms with E-state index in [0.29, 0.717) is 36.4 Å². The van der Waals surface area contributed by atoms with Crippen LogP contribution < -0.4 is 24.6 Å². The van der Waals surface area contributed by atoms with Gasteiger partial charge in [-0.3, -0.25) is 9.59 Å². The van der Waals surface area contributed by atoms with Crippen molar-refractivity contribution in [3.63, 3.8) is 0 Å². The van der Waals surface area contributed by atoms with Crippen LogP contribution in [0.3, 0.4) is 0 Å². The normalized spacial score (nSPS) is 14.6. The number of aliphatic hydroxyl groups excluding tert-OH is 1. The summed E-state index contributed by atoms with van der Waals surface area (Å²) in [5.41, 5.74) is 1.17. The number of rotatable bonds is 14. The monoisotopic (exact) mass is 724 g/mol. The van der Waals surface area contributed by atoms with Crippen molar-refractivity contribution in [3.8, 4) is 5.75 Å². The van der Waals surface area contributed by atoms with Crippen LogP contribution in [0.4, 0.5) is 30.2 Å². The van der Waals surface area contributed by atoms with E-state index in [4.69, 9.17) is 4.74 Å². The number of alkyl halides is 3. The molecule has 1 aliphatic rings. The molecule has 10 nitrogen and oxygen atoms in total. The summed E-state index contributed by atoms with van der Waals surface area (Å²) in [6.07, 6.45) is -3.54. The standard InChI is InChI=1S/C37H39F3N4O6S/c1-50-32-15-13-29(14-16-32)44(51(2,48)49)31-21-27(20-30(22-31)43-17-7-12-35(43)46)36(47)42-33(19-25-8-4-3-5-9-25)34(45)24-41-23-26-10-6-11-28(18-26)37(38,39)40/h3-6,8-11,13-16,18,20-22,33-34,41,45H,7,12,17,19,23-24H2,1-2H3,(H,42,47)/t33-,34+/m0/s1. The van der Waals surface area contributed by atoms with Crippen molar-refractivity contribution < 1.29 is 41.0 Å². The van der Waals surface area contributed by atoms with Crippen LogP contribution in [-0.2, 0) is 34.0 Å². The van der Waals surface area contributed by atoms with Gasteiger partial charge < -0.3 is 25.4 Å². The third-order valence-corrected chi connectivity index (χ3v) is 9.52. The smallest absolute Gasteiger partial charge is 0.416 e. The average molecular weight is 725 g/mol. The molecule has 0 bridgehead atoms. The topological polar surface area (TPSA) is 128 Å². The molecule has 270 valence electrons. The molecule has 3 N–H and O–H groups in total. The van der Waals surface area contributed by atoms with Crippen molar-refractivity contribution in [2.45, 2.75) is 44.1 Å². The zero-order chi connectivity index (χ0) is 36.8. The fourth-order valence-electron chi connectivity index (χ4n) is 5.94. The van der Waals surface area contributed by atoms with E-state index in [1.807, 2.05) is 30.3 Å². The molecule has 0 radical (unpaired) electrons. The van der Waals surface area contributed by atoms with E-state index in [0.717, 1.165) is 28.3 Å². The van der Waals surface area contributed by atoms with E-state index in [9.17, 15) is 36.3 Å². The number of benzene rings is 4. The van der Waals surface area contributed by atoms with Crippen molar-refractivity contribution in [3.05, 3.63) is 119 Å². The number of anilines is 3. The van der Waals surface area contributed by atoms with Gasteiger partial charge in [0.1, 0.15) is 5.75 Å². The second-order valence-electron chi connectivity index (χ2n) is 12.3. The quantitative estimate of drug-likeness (QED) is 0.158.